The minimum absolute atomic E-state index is 0.138. The van der Waals surface area contributed by atoms with Gasteiger partial charge >= 0.3 is 0 Å². The highest BCUT2D eigenvalue weighted by atomic mass is 16.3. The minimum atomic E-state index is -0.546. The number of hydrogen-bond acceptors (Lipinski definition) is 4. The molecule has 96 valence electrons. The van der Waals surface area contributed by atoms with Crippen molar-refractivity contribution in [1.29, 1.82) is 0 Å². The van der Waals surface area contributed by atoms with Crippen LogP contribution < -0.4 is 5.73 Å². The van der Waals surface area contributed by atoms with Crippen LogP contribution in [0.1, 0.15) is 55.7 Å². The maximum Gasteiger partial charge on any atom is 0.271 e. The SMILES string of the molecule is CC(O)CCCn1nnc(C(N)=O)c1C(C)C. The summed E-state index contributed by atoms with van der Waals surface area (Å²) in [5, 5.41) is 16.9. The molecule has 1 unspecified atom stereocenters. The Bertz CT molecular complexity index is 385. The predicted molar refractivity (Wildman–Crippen MR) is 63.5 cm³/mol. The summed E-state index contributed by atoms with van der Waals surface area (Å²) in [5.74, 6) is -0.408. The lowest BCUT2D eigenvalue weighted by Crippen LogP contribution is -2.16. The van der Waals surface area contributed by atoms with Crippen molar-refractivity contribution >= 4 is 5.91 Å². The van der Waals surface area contributed by atoms with Gasteiger partial charge in [0.25, 0.3) is 5.91 Å². The molecule has 1 aromatic rings. The fourth-order valence-electron chi connectivity index (χ4n) is 1.77. The molecule has 1 rings (SSSR count). The fraction of sp³-hybridized carbons (Fsp3) is 0.727. The predicted octanol–water partition coefficient (Wildman–Crippen LogP) is 0.661. The number of carbonyl (C=O) groups is 1. The molecule has 1 aromatic heterocycles. The van der Waals surface area contributed by atoms with Crippen molar-refractivity contribution in [3.8, 4) is 0 Å². The average Bonchev–Trinajstić information content (AvgIpc) is 2.61. The van der Waals surface area contributed by atoms with E-state index in [1.54, 1.807) is 11.6 Å². The van der Waals surface area contributed by atoms with Crippen molar-refractivity contribution in [1.82, 2.24) is 15.0 Å². The smallest absolute Gasteiger partial charge is 0.271 e. The Morgan fingerprint density at radius 3 is 2.59 bits per heavy atom. The van der Waals surface area contributed by atoms with E-state index in [1.165, 1.54) is 0 Å². The van der Waals surface area contributed by atoms with Crippen LogP contribution >= 0.6 is 0 Å². The van der Waals surface area contributed by atoms with Crippen molar-refractivity contribution in [2.75, 3.05) is 0 Å². The molecule has 0 fully saturated rings. The van der Waals surface area contributed by atoms with Gasteiger partial charge in [0.2, 0.25) is 0 Å². The largest absolute Gasteiger partial charge is 0.393 e. The molecule has 6 heteroatoms. The summed E-state index contributed by atoms with van der Waals surface area (Å²) in [5.41, 5.74) is 6.26. The van der Waals surface area contributed by atoms with E-state index in [1.807, 2.05) is 13.8 Å². The second kappa shape index (κ2) is 5.77. The first-order valence-electron chi connectivity index (χ1n) is 5.84. The third-order valence-corrected chi connectivity index (χ3v) is 2.55. The van der Waals surface area contributed by atoms with Crippen LogP contribution in [0, 0.1) is 0 Å². The minimum Gasteiger partial charge on any atom is -0.393 e. The molecule has 6 nitrogen and oxygen atoms in total. The molecule has 1 amide bonds. The van der Waals surface area contributed by atoms with Gasteiger partial charge < -0.3 is 10.8 Å². The van der Waals surface area contributed by atoms with E-state index in [2.05, 4.69) is 10.3 Å². The summed E-state index contributed by atoms with van der Waals surface area (Å²) < 4.78 is 1.70. The Morgan fingerprint density at radius 2 is 2.12 bits per heavy atom. The standard InChI is InChI=1S/C11H20N4O2/c1-7(2)10-9(11(12)17)13-14-15(10)6-4-5-8(3)16/h7-8,16H,4-6H2,1-3H3,(H2,12,17). The molecular formula is C11H20N4O2. The first-order chi connectivity index (χ1) is 7.93. The summed E-state index contributed by atoms with van der Waals surface area (Å²) in [4.78, 5) is 11.2. The Morgan fingerprint density at radius 1 is 1.47 bits per heavy atom. The van der Waals surface area contributed by atoms with Gasteiger partial charge in [0, 0.05) is 6.54 Å². The van der Waals surface area contributed by atoms with E-state index >= 15 is 0 Å². The molecule has 0 saturated carbocycles. The van der Waals surface area contributed by atoms with E-state index in [0.29, 0.717) is 13.0 Å². The van der Waals surface area contributed by atoms with Crippen molar-refractivity contribution in [3.05, 3.63) is 11.4 Å². The zero-order valence-corrected chi connectivity index (χ0v) is 10.6. The maximum absolute atomic E-state index is 11.2. The number of aliphatic hydroxyl groups excluding tert-OH is 1. The number of aromatic nitrogens is 3. The Hall–Kier alpha value is -1.43. The van der Waals surface area contributed by atoms with Crippen LogP contribution in [0.25, 0.3) is 0 Å². The van der Waals surface area contributed by atoms with Crippen LogP contribution in [0.5, 0.6) is 0 Å². The highest BCUT2D eigenvalue weighted by Gasteiger charge is 2.19. The van der Waals surface area contributed by atoms with Crippen LogP contribution in [0.2, 0.25) is 0 Å². The Kier molecular flexibility index (Phi) is 4.62. The second-order valence-electron chi connectivity index (χ2n) is 4.56. The van der Waals surface area contributed by atoms with Gasteiger partial charge in [-0.1, -0.05) is 19.1 Å². The summed E-state index contributed by atoms with van der Waals surface area (Å²) in [6, 6.07) is 0. The van der Waals surface area contributed by atoms with E-state index in [4.69, 9.17) is 5.73 Å². The highest BCUT2D eigenvalue weighted by molar-refractivity contribution is 5.91. The monoisotopic (exact) mass is 240 g/mol. The van der Waals surface area contributed by atoms with E-state index < -0.39 is 5.91 Å². The van der Waals surface area contributed by atoms with E-state index in [-0.39, 0.29) is 17.7 Å². The molecule has 0 aliphatic heterocycles. The van der Waals surface area contributed by atoms with Crippen molar-refractivity contribution in [3.63, 3.8) is 0 Å². The van der Waals surface area contributed by atoms with Crippen LogP contribution in [0.15, 0.2) is 0 Å². The molecule has 0 aromatic carbocycles. The van der Waals surface area contributed by atoms with Crippen molar-refractivity contribution in [2.24, 2.45) is 5.73 Å². The van der Waals surface area contributed by atoms with Crippen molar-refractivity contribution < 1.29 is 9.90 Å². The molecule has 3 N–H and O–H groups in total. The normalized spacial score (nSPS) is 13.0. The topological polar surface area (TPSA) is 94.0 Å². The lowest BCUT2D eigenvalue weighted by atomic mass is 10.1. The maximum atomic E-state index is 11.2. The molecule has 0 spiro atoms. The molecule has 17 heavy (non-hydrogen) atoms. The Balaban J connectivity index is 2.81. The number of nitrogens with two attached hydrogens (primary N) is 1. The molecule has 1 atom stereocenters. The quantitative estimate of drug-likeness (QED) is 0.763. The number of nitrogens with zero attached hydrogens (tertiary/aromatic N) is 3. The lowest BCUT2D eigenvalue weighted by Gasteiger charge is -2.10. The van der Waals surface area contributed by atoms with Gasteiger partial charge in [-0.3, -0.25) is 4.79 Å². The summed E-state index contributed by atoms with van der Waals surface area (Å²) >= 11 is 0. The lowest BCUT2D eigenvalue weighted by molar-refractivity contribution is 0.0994. The van der Waals surface area contributed by atoms with Crippen LogP contribution in [-0.4, -0.2) is 32.1 Å². The number of amides is 1. The van der Waals surface area contributed by atoms with Gasteiger partial charge in [-0.25, -0.2) is 4.68 Å². The summed E-state index contributed by atoms with van der Waals surface area (Å²) in [6.45, 7) is 6.32. The van der Waals surface area contributed by atoms with Gasteiger partial charge in [-0.05, 0) is 25.7 Å². The molecule has 0 bridgehead atoms. The zero-order valence-electron chi connectivity index (χ0n) is 10.6. The summed E-state index contributed by atoms with van der Waals surface area (Å²) in [7, 11) is 0. The van der Waals surface area contributed by atoms with Gasteiger partial charge in [0.05, 0.1) is 11.8 Å². The fourth-order valence-corrected chi connectivity index (χ4v) is 1.77. The number of carbonyl (C=O) groups excluding carboxylic acids is 1. The highest BCUT2D eigenvalue weighted by Crippen LogP contribution is 2.17. The third-order valence-electron chi connectivity index (χ3n) is 2.55. The van der Waals surface area contributed by atoms with Crippen LogP contribution in [0.4, 0.5) is 0 Å². The summed E-state index contributed by atoms with van der Waals surface area (Å²) in [6.07, 6.45) is 1.17. The molecule has 0 saturated heterocycles. The zero-order chi connectivity index (χ0) is 13.0. The average molecular weight is 240 g/mol. The molecule has 0 aliphatic carbocycles. The molecular weight excluding hydrogens is 220 g/mol. The van der Waals surface area contributed by atoms with E-state index in [9.17, 15) is 9.90 Å². The van der Waals surface area contributed by atoms with Gasteiger partial charge in [0.1, 0.15) is 0 Å². The molecule has 0 radical (unpaired) electrons. The van der Waals surface area contributed by atoms with Gasteiger partial charge in [-0.15, -0.1) is 5.10 Å². The van der Waals surface area contributed by atoms with Crippen LogP contribution in [0.3, 0.4) is 0 Å². The first-order valence-corrected chi connectivity index (χ1v) is 5.84. The van der Waals surface area contributed by atoms with Crippen LogP contribution in [-0.2, 0) is 6.54 Å². The van der Waals surface area contributed by atoms with Gasteiger partial charge in [0.15, 0.2) is 5.69 Å². The van der Waals surface area contributed by atoms with Crippen molar-refractivity contribution in [2.45, 2.75) is 52.2 Å². The number of aliphatic hydroxyl groups is 1. The Labute approximate surface area is 101 Å². The van der Waals surface area contributed by atoms with Gasteiger partial charge in [-0.2, -0.15) is 0 Å². The molecule has 0 aliphatic rings. The number of primary amides is 1. The van der Waals surface area contributed by atoms with E-state index in [0.717, 1.165) is 12.1 Å². The second-order valence-corrected chi connectivity index (χ2v) is 4.56. The third kappa shape index (κ3) is 3.52. The number of rotatable bonds is 6. The molecule has 1 heterocycles. The number of aryl methyl sites for hydroxylation is 1. The first kappa shape index (κ1) is 13.6. The number of hydrogen-bond donors (Lipinski definition) is 2.